The van der Waals surface area contributed by atoms with Crippen LogP contribution in [-0.2, 0) is 16.1 Å². The predicted molar refractivity (Wildman–Crippen MR) is 193 cm³/mol. The van der Waals surface area contributed by atoms with Crippen LogP contribution in [0.25, 0.3) is 28.3 Å². The first-order chi connectivity index (χ1) is 24.5. The maximum absolute atomic E-state index is 14.5. The molecule has 0 radical (unpaired) electrons. The SMILES string of the molecule is COC(=O)C[C@H](O)C[C@H](O)/C=C/c1c(-c2ccc(F)cc2)c(-c2ccc(F)cc2)c(C(=O)Nc2cccc(OCc3ccccc3)c2)n1C(C)C. The molecular formula is C41H40F2N2O6. The number of carbonyl (C=O) groups is 2. The van der Waals surface area contributed by atoms with Gasteiger partial charge in [-0.1, -0.05) is 66.7 Å². The largest absolute Gasteiger partial charge is 0.489 e. The number of rotatable bonds is 14. The molecule has 8 nitrogen and oxygen atoms in total. The highest BCUT2D eigenvalue weighted by Gasteiger charge is 2.30. The molecule has 0 aliphatic rings. The normalized spacial score (nSPS) is 12.5. The van der Waals surface area contributed by atoms with E-state index in [1.54, 1.807) is 59.2 Å². The second-order valence-corrected chi connectivity index (χ2v) is 12.3. The zero-order chi connectivity index (χ0) is 36.5. The lowest BCUT2D eigenvalue weighted by atomic mass is 9.94. The van der Waals surface area contributed by atoms with Gasteiger partial charge in [0, 0.05) is 41.0 Å². The van der Waals surface area contributed by atoms with Gasteiger partial charge in [0.25, 0.3) is 5.91 Å². The molecule has 0 fully saturated rings. The second kappa shape index (κ2) is 16.9. The molecule has 0 saturated heterocycles. The Morgan fingerprint density at radius 1 is 0.843 bits per heavy atom. The van der Waals surface area contributed by atoms with E-state index in [9.17, 15) is 28.6 Å². The number of amides is 1. The van der Waals surface area contributed by atoms with Crippen molar-refractivity contribution >= 4 is 23.6 Å². The molecule has 5 aromatic rings. The minimum Gasteiger partial charge on any atom is -0.489 e. The monoisotopic (exact) mass is 694 g/mol. The number of aliphatic hydroxyl groups excluding tert-OH is 2. The summed E-state index contributed by atoms with van der Waals surface area (Å²) in [6.45, 7) is 4.13. The van der Waals surface area contributed by atoms with Crippen molar-refractivity contribution in [3.05, 3.63) is 138 Å². The van der Waals surface area contributed by atoms with Gasteiger partial charge in [-0.25, -0.2) is 8.78 Å². The van der Waals surface area contributed by atoms with Gasteiger partial charge < -0.3 is 29.6 Å². The zero-order valence-corrected chi connectivity index (χ0v) is 28.6. The molecule has 3 N–H and O–H groups in total. The minimum absolute atomic E-state index is 0.152. The highest BCUT2D eigenvalue weighted by Crippen LogP contribution is 2.43. The quantitative estimate of drug-likeness (QED) is 0.101. The summed E-state index contributed by atoms with van der Waals surface area (Å²) >= 11 is 0. The Kier molecular flexibility index (Phi) is 12.2. The first kappa shape index (κ1) is 36.7. The summed E-state index contributed by atoms with van der Waals surface area (Å²) in [5.74, 6) is -1.45. The van der Waals surface area contributed by atoms with Gasteiger partial charge in [-0.05, 0) is 73.0 Å². The molecule has 1 amide bonds. The Balaban J connectivity index is 1.62. The van der Waals surface area contributed by atoms with E-state index in [1.165, 1.54) is 37.5 Å². The molecule has 0 saturated carbocycles. The number of methoxy groups -OCH3 is 1. The fourth-order valence-electron chi connectivity index (χ4n) is 5.85. The molecule has 0 unspecified atom stereocenters. The molecule has 0 aliphatic heterocycles. The van der Waals surface area contributed by atoms with E-state index in [1.807, 2.05) is 44.2 Å². The molecule has 51 heavy (non-hydrogen) atoms. The number of hydrogen-bond donors (Lipinski definition) is 3. The van der Waals surface area contributed by atoms with Crippen molar-refractivity contribution < 1.29 is 38.1 Å². The maximum Gasteiger partial charge on any atom is 0.308 e. The van der Waals surface area contributed by atoms with E-state index >= 15 is 0 Å². The number of nitrogens with one attached hydrogen (secondary N) is 1. The van der Waals surface area contributed by atoms with E-state index < -0.39 is 35.7 Å². The number of ether oxygens (including phenoxy) is 2. The average molecular weight is 695 g/mol. The number of carbonyl (C=O) groups excluding carboxylic acids is 2. The van der Waals surface area contributed by atoms with Crippen LogP contribution in [0.15, 0.2) is 109 Å². The van der Waals surface area contributed by atoms with Crippen molar-refractivity contribution in [1.82, 2.24) is 4.57 Å². The van der Waals surface area contributed by atoms with Crippen molar-refractivity contribution in [2.75, 3.05) is 12.4 Å². The fraction of sp³-hybridized carbons (Fsp3) is 0.220. The number of hydrogen-bond acceptors (Lipinski definition) is 6. The van der Waals surface area contributed by atoms with Gasteiger partial charge in [0.2, 0.25) is 0 Å². The Hall–Kier alpha value is -5.58. The summed E-state index contributed by atoms with van der Waals surface area (Å²) in [6.07, 6.45) is 0.324. The van der Waals surface area contributed by atoms with Crippen LogP contribution < -0.4 is 10.1 Å². The van der Waals surface area contributed by atoms with Crippen LogP contribution >= 0.6 is 0 Å². The predicted octanol–water partition coefficient (Wildman–Crippen LogP) is 8.20. The van der Waals surface area contributed by atoms with Crippen LogP contribution in [0.4, 0.5) is 14.5 Å². The first-order valence-electron chi connectivity index (χ1n) is 16.5. The lowest BCUT2D eigenvalue weighted by Gasteiger charge is -2.18. The third kappa shape index (κ3) is 9.36. The number of esters is 1. The standard InChI is InChI=1S/C41H40F2N2O6/c1-26(2)45-36(21-20-33(46)23-34(47)24-37(48)50-3)38(28-12-16-30(42)17-13-28)39(29-14-18-31(43)19-15-29)40(45)41(49)44-32-10-7-11-35(22-32)51-25-27-8-5-4-6-9-27/h4-22,26,33-34,46-47H,23-25H2,1-3H3,(H,44,49)/b21-20+/t33-,34-/m1/s1. The smallest absolute Gasteiger partial charge is 0.308 e. The molecule has 2 atom stereocenters. The lowest BCUT2D eigenvalue weighted by molar-refractivity contribution is -0.143. The van der Waals surface area contributed by atoms with E-state index in [0.717, 1.165) is 5.56 Å². The number of aliphatic hydroxyl groups is 2. The van der Waals surface area contributed by atoms with Crippen LogP contribution in [0.1, 0.15) is 54.5 Å². The molecule has 0 bridgehead atoms. The number of halogens is 2. The molecule has 4 aromatic carbocycles. The molecule has 1 heterocycles. The molecule has 5 rings (SSSR count). The van der Waals surface area contributed by atoms with Crippen LogP contribution in [0.3, 0.4) is 0 Å². The van der Waals surface area contributed by atoms with Gasteiger partial charge in [0.1, 0.15) is 29.7 Å². The van der Waals surface area contributed by atoms with E-state index in [2.05, 4.69) is 10.1 Å². The van der Waals surface area contributed by atoms with Gasteiger partial charge in [0.15, 0.2) is 0 Å². The van der Waals surface area contributed by atoms with Gasteiger partial charge in [-0.3, -0.25) is 9.59 Å². The van der Waals surface area contributed by atoms with Crippen molar-refractivity contribution in [2.45, 2.75) is 51.5 Å². The highest BCUT2D eigenvalue weighted by molar-refractivity contribution is 6.12. The lowest BCUT2D eigenvalue weighted by Crippen LogP contribution is -2.20. The van der Waals surface area contributed by atoms with Crippen molar-refractivity contribution in [2.24, 2.45) is 0 Å². The molecular weight excluding hydrogens is 654 g/mol. The average Bonchev–Trinajstić information content (AvgIpc) is 3.46. The summed E-state index contributed by atoms with van der Waals surface area (Å²) in [4.78, 5) is 26.1. The number of aromatic nitrogens is 1. The molecule has 10 heteroatoms. The second-order valence-electron chi connectivity index (χ2n) is 12.3. The van der Waals surface area contributed by atoms with Gasteiger partial charge >= 0.3 is 5.97 Å². The molecule has 264 valence electrons. The number of benzene rings is 4. The summed E-state index contributed by atoms with van der Waals surface area (Å²) in [5.41, 5.74) is 4.31. The van der Waals surface area contributed by atoms with Crippen LogP contribution in [0.2, 0.25) is 0 Å². The topological polar surface area (TPSA) is 110 Å². The Morgan fingerprint density at radius 3 is 2.08 bits per heavy atom. The van der Waals surface area contributed by atoms with Crippen LogP contribution in [0, 0.1) is 11.6 Å². The summed E-state index contributed by atoms with van der Waals surface area (Å²) in [6, 6.07) is 27.9. The summed E-state index contributed by atoms with van der Waals surface area (Å²) in [7, 11) is 1.21. The highest BCUT2D eigenvalue weighted by atomic mass is 19.1. The minimum atomic E-state index is -1.17. The number of nitrogens with zero attached hydrogens (tertiary/aromatic N) is 1. The van der Waals surface area contributed by atoms with E-state index in [0.29, 0.717) is 46.0 Å². The maximum atomic E-state index is 14.5. The van der Waals surface area contributed by atoms with Gasteiger partial charge in [-0.15, -0.1) is 0 Å². The van der Waals surface area contributed by atoms with Gasteiger partial charge in [-0.2, -0.15) is 0 Å². The number of anilines is 1. The molecule has 0 aliphatic carbocycles. The van der Waals surface area contributed by atoms with Crippen LogP contribution in [0.5, 0.6) is 5.75 Å². The zero-order valence-electron chi connectivity index (χ0n) is 28.6. The molecule has 0 spiro atoms. The fourth-order valence-corrected chi connectivity index (χ4v) is 5.85. The molecule has 1 aromatic heterocycles. The van der Waals surface area contributed by atoms with Crippen molar-refractivity contribution in [3.8, 4) is 28.0 Å². The Bertz CT molecular complexity index is 1970. The van der Waals surface area contributed by atoms with Crippen LogP contribution in [-0.4, -0.2) is 46.0 Å². The third-order valence-corrected chi connectivity index (χ3v) is 8.20. The third-order valence-electron chi connectivity index (χ3n) is 8.20. The Labute approximate surface area is 295 Å². The van der Waals surface area contributed by atoms with Gasteiger partial charge in [0.05, 0.1) is 25.7 Å². The van der Waals surface area contributed by atoms with E-state index in [-0.39, 0.29) is 24.6 Å². The van der Waals surface area contributed by atoms with E-state index in [4.69, 9.17) is 4.74 Å². The Morgan fingerprint density at radius 2 is 1.47 bits per heavy atom. The summed E-state index contributed by atoms with van der Waals surface area (Å²) in [5, 5.41) is 24.2. The van der Waals surface area contributed by atoms with Crippen molar-refractivity contribution in [3.63, 3.8) is 0 Å². The summed E-state index contributed by atoms with van der Waals surface area (Å²) < 4.78 is 40.8. The first-order valence-corrected chi connectivity index (χ1v) is 16.5. The van der Waals surface area contributed by atoms with Crippen molar-refractivity contribution in [1.29, 1.82) is 0 Å².